The molecule has 0 aliphatic carbocycles. The molecule has 78 valence electrons. The molecule has 6 nitrogen and oxygen atoms in total. The lowest BCUT2D eigenvalue weighted by atomic mass is 10.1. The van der Waals surface area contributed by atoms with Crippen molar-refractivity contribution in [1.29, 1.82) is 0 Å². The minimum atomic E-state index is -1.20. The Balaban J connectivity index is 3.88. The summed E-state index contributed by atoms with van der Waals surface area (Å²) >= 11 is 0. The van der Waals surface area contributed by atoms with Crippen molar-refractivity contribution in [2.75, 3.05) is 27.1 Å². The van der Waals surface area contributed by atoms with Gasteiger partial charge in [0.05, 0.1) is 18.8 Å². The molecule has 0 aliphatic rings. The van der Waals surface area contributed by atoms with Gasteiger partial charge in [-0.15, -0.1) is 0 Å². The van der Waals surface area contributed by atoms with Crippen LogP contribution in [-0.4, -0.2) is 49.0 Å². The molecule has 0 fully saturated rings. The van der Waals surface area contributed by atoms with E-state index in [4.69, 9.17) is 14.9 Å². The van der Waals surface area contributed by atoms with Gasteiger partial charge < -0.3 is 25.0 Å². The maximum absolute atomic E-state index is 10.3. The van der Waals surface area contributed by atoms with Crippen LogP contribution in [0.3, 0.4) is 0 Å². The number of hydrogen-bond acceptors (Lipinski definition) is 4. The zero-order chi connectivity index (χ0) is 10.3. The second kappa shape index (κ2) is 5.74. The molecule has 0 saturated carbocycles. The Hall–Kier alpha value is -0.850. The predicted octanol–water partition coefficient (Wildman–Crippen LogP) is -0.374. The van der Waals surface area contributed by atoms with E-state index in [1.54, 1.807) is 0 Å². The van der Waals surface area contributed by atoms with Crippen LogP contribution in [0.15, 0.2) is 0 Å². The molecule has 0 rings (SSSR count). The van der Waals surface area contributed by atoms with E-state index in [0.717, 1.165) is 0 Å². The fraction of sp³-hybridized carbons (Fsp3) is 0.857. The van der Waals surface area contributed by atoms with E-state index in [0.29, 0.717) is 0 Å². The molecule has 0 aliphatic heterocycles. The normalized spacial score (nSPS) is 15.0. The van der Waals surface area contributed by atoms with Crippen molar-refractivity contribution in [2.24, 2.45) is 0 Å². The van der Waals surface area contributed by atoms with Gasteiger partial charge >= 0.3 is 6.09 Å². The summed E-state index contributed by atoms with van der Waals surface area (Å²) in [7, 11) is 1.46. The Bertz CT molecular complexity index is 163. The van der Waals surface area contributed by atoms with Crippen LogP contribution in [-0.2, 0) is 9.47 Å². The minimum Gasteiger partial charge on any atom is -0.465 e. The Morgan fingerprint density at radius 2 is 2.23 bits per heavy atom. The summed E-state index contributed by atoms with van der Waals surface area (Å²) in [6, 6.07) is 0. The summed E-state index contributed by atoms with van der Waals surface area (Å²) in [5.41, 5.74) is -0.982. The maximum Gasteiger partial charge on any atom is 0.405 e. The first-order valence-electron chi connectivity index (χ1n) is 3.73. The van der Waals surface area contributed by atoms with Crippen molar-refractivity contribution in [3.63, 3.8) is 0 Å². The summed E-state index contributed by atoms with van der Waals surface area (Å²) in [4.78, 5) is 10.3. The second-order valence-electron chi connectivity index (χ2n) is 2.90. The molecule has 0 spiro atoms. The zero-order valence-corrected chi connectivity index (χ0v) is 7.74. The molecule has 1 amide bonds. The number of methoxy groups -OCH3 is 1. The summed E-state index contributed by atoms with van der Waals surface area (Å²) in [5.74, 6) is 0. The topological polar surface area (TPSA) is 88.0 Å². The first kappa shape index (κ1) is 12.2. The lowest BCUT2D eigenvalue weighted by Crippen LogP contribution is -2.52. The van der Waals surface area contributed by atoms with Crippen LogP contribution in [0.5, 0.6) is 0 Å². The Morgan fingerprint density at radius 3 is 2.62 bits per heavy atom. The van der Waals surface area contributed by atoms with Crippen LogP contribution in [0.4, 0.5) is 4.79 Å². The van der Waals surface area contributed by atoms with E-state index >= 15 is 0 Å². The van der Waals surface area contributed by atoms with Gasteiger partial charge in [0.25, 0.3) is 0 Å². The number of carbonyl (C=O) groups is 1. The Morgan fingerprint density at radius 1 is 1.62 bits per heavy atom. The van der Waals surface area contributed by atoms with Gasteiger partial charge in [-0.2, -0.15) is 0 Å². The van der Waals surface area contributed by atoms with Gasteiger partial charge in [0.1, 0.15) is 6.79 Å². The summed E-state index contributed by atoms with van der Waals surface area (Å²) in [6.07, 6.45) is -1.20. The van der Waals surface area contributed by atoms with Crippen LogP contribution < -0.4 is 5.32 Å². The standard InChI is InChI=1S/C7H15NO5/c1-7(3-9,8-6(10)11)4-13-5-12-2/h8-9H,3-5H2,1-2H3,(H,10,11). The molecule has 0 radical (unpaired) electrons. The molecule has 0 saturated heterocycles. The molecule has 3 N–H and O–H groups in total. The SMILES string of the molecule is COCOCC(C)(CO)NC(=O)O. The van der Waals surface area contributed by atoms with Crippen LogP contribution in [0.25, 0.3) is 0 Å². The summed E-state index contributed by atoms with van der Waals surface area (Å²) < 4.78 is 9.54. The molecule has 0 aromatic heterocycles. The number of ether oxygens (including phenoxy) is 2. The van der Waals surface area contributed by atoms with E-state index in [1.807, 2.05) is 0 Å². The highest BCUT2D eigenvalue weighted by molar-refractivity contribution is 5.65. The van der Waals surface area contributed by atoms with Gasteiger partial charge in [-0.3, -0.25) is 0 Å². The van der Waals surface area contributed by atoms with Crippen molar-refractivity contribution in [2.45, 2.75) is 12.5 Å². The van der Waals surface area contributed by atoms with E-state index < -0.39 is 11.6 Å². The van der Waals surface area contributed by atoms with Gasteiger partial charge in [-0.05, 0) is 6.92 Å². The average molecular weight is 193 g/mol. The highest BCUT2D eigenvalue weighted by Crippen LogP contribution is 2.02. The van der Waals surface area contributed by atoms with Crippen molar-refractivity contribution < 1.29 is 24.5 Å². The van der Waals surface area contributed by atoms with Crippen LogP contribution in [0.1, 0.15) is 6.92 Å². The lowest BCUT2D eigenvalue weighted by molar-refractivity contribution is -0.0573. The molecule has 0 aromatic rings. The van der Waals surface area contributed by atoms with Crippen molar-refractivity contribution in [1.82, 2.24) is 5.32 Å². The number of rotatable bonds is 6. The number of hydrogen-bond donors (Lipinski definition) is 3. The number of aliphatic hydroxyl groups is 1. The number of carboxylic acid groups (broad SMARTS) is 1. The molecule has 1 atom stereocenters. The van der Waals surface area contributed by atoms with Crippen LogP contribution >= 0.6 is 0 Å². The van der Waals surface area contributed by atoms with Gasteiger partial charge in [-0.1, -0.05) is 0 Å². The Kier molecular flexibility index (Phi) is 5.36. The minimum absolute atomic E-state index is 0.0592. The monoisotopic (exact) mass is 193 g/mol. The first-order valence-corrected chi connectivity index (χ1v) is 3.73. The fourth-order valence-electron chi connectivity index (χ4n) is 0.730. The van der Waals surface area contributed by atoms with E-state index in [9.17, 15) is 4.79 Å². The van der Waals surface area contributed by atoms with E-state index in [2.05, 4.69) is 10.1 Å². The third-order valence-electron chi connectivity index (χ3n) is 1.38. The molecular weight excluding hydrogens is 178 g/mol. The molecule has 0 bridgehead atoms. The fourth-order valence-corrected chi connectivity index (χ4v) is 0.730. The largest absolute Gasteiger partial charge is 0.465 e. The van der Waals surface area contributed by atoms with Gasteiger partial charge in [-0.25, -0.2) is 4.79 Å². The van der Waals surface area contributed by atoms with Crippen molar-refractivity contribution in [3.8, 4) is 0 Å². The maximum atomic E-state index is 10.3. The third kappa shape index (κ3) is 5.40. The second-order valence-corrected chi connectivity index (χ2v) is 2.90. The Labute approximate surface area is 76.5 Å². The number of nitrogens with one attached hydrogen (secondary N) is 1. The number of aliphatic hydroxyl groups excluding tert-OH is 1. The highest BCUT2D eigenvalue weighted by Gasteiger charge is 2.25. The van der Waals surface area contributed by atoms with Gasteiger partial charge in [0.2, 0.25) is 0 Å². The van der Waals surface area contributed by atoms with Gasteiger partial charge in [0.15, 0.2) is 0 Å². The summed E-state index contributed by atoms with van der Waals surface area (Å²) in [6.45, 7) is 1.33. The van der Waals surface area contributed by atoms with E-state index in [1.165, 1.54) is 14.0 Å². The quantitative estimate of drug-likeness (QED) is 0.395. The van der Waals surface area contributed by atoms with Crippen molar-refractivity contribution >= 4 is 6.09 Å². The highest BCUT2D eigenvalue weighted by atomic mass is 16.7. The van der Waals surface area contributed by atoms with Crippen LogP contribution in [0.2, 0.25) is 0 Å². The van der Waals surface area contributed by atoms with E-state index in [-0.39, 0.29) is 20.0 Å². The molecule has 0 aromatic carbocycles. The zero-order valence-electron chi connectivity index (χ0n) is 7.74. The van der Waals surface area contributed by atoms with Crippen molar-refractivity contribution in [3.05, 3.63) is 0 Å². The molecular formula is C7H15NO5. The average Bonchev–Trinajstić information content (AvgIpc) is 2.04. The first-order chi connectivity index (χ1) is 6.04. The third-order valence-corrected chi connectivity index (χ3v) is 1.38. The lowest BCUT2D eigenvalue weighted by Gasteiger charge is -2.26. The van der Waals surface area contributed by atoms with Crippen LogP contribution in [0, 0.1) is 0 Å². The predicted molar refractivity (Wildman–Crippen MR) is 44.5 cm³/mol. The smallest absolute Gasteiger partial charge is 0.405 e. The van der Waals surface area contributed by atoms with Gasteiger partial charge in [0, 0.05) is 7.11 Å². The molecule has 1 unspecified atom stereocenters. The molecule has 6 heteroatoms. The molecule has 0 heterocycles. The number of amides is 1. The summed E-state index contributed by atoms with van der Waals surface area (Å²) in [5, 5.41) is 19.5. The molecule has 13 heavy (non-hydrogen) atoms.